The predicted octanol–water partition coefficient (Wildman–Crippen LogP) is 3.91. The van der Waals surface area contributed by atoms with E-state index < -0.39 is 0 Å². The fraction of sp³-hybridized carbons (Fsp3) is 0.722. The van der Waals surface area contributed by atoms with Crippen LogP contribution in [0.4, 0.5) is 5.82 Å². The molecule has 1 heterocycles. The van der Waals surface area contributed by atoms with Gasteiger partial charge in [0, 0.05) is 30.9 Å². The average Bonchev–Trinajstić information content (AvgIpc) is 2.33. The molecular formula is C18H31N3. The largest absolute Gasteiger partial charge is 0.357 e. The Balaban J connectivity index is 2.16. The van der Waals surface area contributed by atoms with E-state index in [1.165, 1.54) is 30.5 Å². The lowest BCUT2D eigenvalue weighted by Crippen LogP contribution is -2.38. The summed E-state index contributed by atoms with van der Waals surface area (Å²) in [6.07, 6.45) is 6.20. The third-order valence-corrected chi connectivity index (χ3v) is 4.24. The first-order valence-corrected chi connectivity index (χ1v) is 8.37. The van der Waals surface area contributed by atoms with Gasteiger partial charge >= 0.3 is 0 Å². The van der Waals surface area contributed by atoms with Gasteiger partial charge in [-0.15, -0.1) is 0 Å². The monoisotopic (exact) mass is 289 g/mol. The zero-order valence-electron chi connectivity index (χ0n) is 14.4. The number of pyridine rings is 1. The molecule has 0 aromatic carbocycles. The van der Waals surface area contributed by atoms with Gasteiger partial charge in [0.1, 0.15) is 5.82 Å². The number of rotatable bonds is 6. The van der Waals surface area contributed by atoms with Crippen molar-refractivity contribution < 1.29 is 0 Å². The Morgan fingerprint density at radius 3 is 2.52 bits per heavy atom. The van der Waals surface area contributed by atoms with Gasteiger partial charge in [0.15, 0.2) is 0 Å². The van der Waals surface area contributed by atoms with Crippen molar-refractivity contribution in [1.29, 1.82) is 0 Å². The molecule has 0 aliphatic heterocycles. The van der Waals surface area contributed by atoms with Crippen LogP contribution in [-0.2, 0) is 13.0 Å². The highest BCUT2D eigenvalue weighted by molar-refractivity contribution is 5.43. The summed E-state index contributed by atoms with van der Waals surface area (Å²) in [7, 11) is 2.20. The molecule has 0 radical (unpaired) electrons. The van der Waals surface area contributed by atoms with Gasteiger partial charge in [-0.25, -0.2) is 4.98 Å². The quantitative estimate of drug-likeness (QED) is 0.860. The summed E-state index contributed by atoms with van der Waals surface area (Å²) in [5, 5.41) is 3.58. The van der Waals surface area contributed by atoms with Crippen LogP contribution in [0.2, 0.25) is 0 Å². The maximum absolute atomic E-state index is 4.87. The van der Waals surface area contributed by atoms with Gasteiger partial charge in [-0.3, -0.25) is 0 Å². The van der Waals surface area contributed by atoms with Crippen LogP contribution < -0.4 is 10.2 Å². The fourth-order valence-corrected chi connectivity index (χ4v) is 2.63. The highest BCUT2D eigenvalue weighted by Gasteiger charge is 2.23. The molecule has 1 saturated carbocycles. The van der Waals surface area contributed by atoms with Gasteiger partial charge in [0.05, 0.1) is 0 Å². The Kier molecular flexibility index (Phi) is 5.26. The van der Waals surface area contributed by atoms with Crippen LogP contribution in [-0.4, -0.2) is 23.6 Å². The van der Waals surface area contributed by atoms with E-state index in [-0.39, 0.29) is 5.54 Å². The van der Waals surface area contributed by atoms with Gasteiger partial charge in [0.25, 0.3) is 0 Å². The summed E-state index contributed by atoms with van der Waals surface area (Å²) in [6.45, 7) is 9.76. The van der Waals surface area contributed by atoms with E-state index in [0.29, 0.717) is 6.04 Å². The van der Waals surface area contributed by atoms with Crippen molar-refractivity contribution in [3.8, 4) is 0 Å². The van der Waals surface area contributed by atoms with Gasteiger partial charge in [0.2, 0.25) is 0 Å². The van der Waals surface area contributed by atoms with E-state index in [0.717, 1.165) is 25.2 Å². The minimum Gasteiger partial charge on any atom is -0.357 e. The van der Waals surface area contributed by atoms with Crippen molar-refractivity contribution in [2.45, 2.75) is 77.9 Å². The van der Waals surface area contributed by atoms with Crippen molar-refractivity contribution in [2.75, 3.05) is 11.9 Å². The third kappa shape index (κ3) is 4.70. The maximum Gasteiger partial charge on any atom is 0.129 e. The molecule has 0 saturated heterocycles. The molecular weight excluding hydrogens is 258 g/mol. The van der Waals surface area contributed by atoms with Crippen LogP contribution in [0.25, 0.3) is 0 Å². The van der Waals surface area contributed by atoms with Crippen LogP contribution in [0, 0.1) is 0 Å². The molecule has 0 amide bonds. The summed E-state index contributed by atoms with van der Waals surface area (Å²) in [5.74, 6) is 1.15. The molecule has 3 nitrogen and oxygen atoms in total. The molecule has 1 fully saturated rings. The number of anilines is 1. The van der Waals surface area contributed by atoms with Crippen molar-refractivity contribution >= 4 is 5.82 Å². The summed E-state index contributed by atoms with van der Waals surface area (Å²) < 4.78 is 0. The molecule has 2 rings (SSSR count). The molecule has 1 N–H and O–H groups in total. The van der Waals surface area contributed by atoms with Gasteiger partial charge in [-0.2, -0.15) is 0 Å². The lowest BCUT2D eigenvalue weighted by molar-refractivity contribution is 0.398. The first kappa shape index (κ1) is 16.3. The molecule has 21 heavy (non-hydrogen) atoms. The second-order valence-corrected chi connectivity index (χ2v) is 7.37. The van der Waals surface area contributed by atoms with E-state index in [1.807, 2.05) is 0 Å². The Morgan fingerprint density at radius 2 is 2.00 bits per heavy atom. The maximum atomic E-state index is 4.87. The minimum atomic E-state index is 0.147. The van der Waals surface area contributed by atoms with E-state index in [4.69, 9.17) is 4.98 Å². The van der Waals surface area contributed by atoms with Crippen molar-refractivity contribution in [1.82, 2.24) is 10.3 Å². The summed E-state index contributed by atoms with van der Waals surface area (Å²) >= 11 is 0. The summed E-state index contributed by atoms with van der Waals surface area (Å²) in [5.41, 5.74) is 2.73. The van der Waals surface area contributed by atoms with Gasteiger partial charge in [-0.1, -0.05) is 13.3 Å². The second kappa shape index (κ2) is 6.78. The number of hydrogen-bond acceptors (Lipinski definition) is 3. The minimum absolute atomic E-state index is 0.147. The highest BCUT2D eigenvalue weighted by atomic mass is 15.2. The topological polar surface area (TPSA) is 28.2 Å². The van der Waals surface area contributed by atoms with Gasteiger partial charge in [-0.05, 0) is 64.2 Å². The molecule has 1 aliphatic carbocycles. The highest BCUT2D eigenvalue weighted by Crippen LogP contribution is 2.28. The normalized spacial score (nSPS) is 15.9. The predicted molar refractivity (Wildman–Crippen MR) is 90.9 cm³/mol. The lowest BCUT2D eigenvalue weighted by atomic mass is 9.92. The SMILES string of the molecule is CCCc1cc(CNC(C)(C)C)cc(N(C)C2CCC2)n1. The average molecular weight is 289 g/mol. The van der Waals surface area contributed by atoms with E-state index >= 15 is 0 Å². The van der Waals surface area contributed by atoms with E-state index in [2.05, 4.69) is 57.1 Å². The van der Waals surface area contributed by atoms with E-state index in [9.17, 15) is 0 Å². The Hall–Kier alpha value is -1.09. The van der Waals surface area contributed by atoms with Crippen LogP contribution in [0.5, 0.6) is 0 Å². The lowest BCUT2D eigenvalue weighted by Gasteiger charge is -2.36. The Bertz CT molecular complexity index is 458. The molecule has 0 bridgehead atoms. The number of nitrogens with zero attached hydrogens (tertiary/aromatic N) is 2. The van der Waals surface area contributed by atoms with Crippen molar-refractivity contribution in [3.05, 3.63) is 23.4 Å². The van der Waals surface area contributed by atoms with Crippen molar-refractivity contribution in [3.63, 3.8) is 0 Å². The molecule has 3 heteroatoms. The zero-order chi connectivity index (χ0) is 15.5. The van der Waals surface area contributed by atoms with Crippen LogP contribution >= 0.6 is 0 Å². The number of hydrogen-bond donors (Lipinski definition) is 1. The van der Waals surface area contributed by atoms with Crippen LogP contribution in [0.15, 0.2) is 12.1 Å². The Morgan fingerprint density at radius 1 is 1.29 bits per heavy atom. The van der Waals surface area contributed by atoms with E-state index in [1.54, 1.807) is 0 Å². The molecule has 0 unspecified atom stereocenters. The first-order chi connectivity index (χ1) is 9.89. The molecule has 1 aliphatic rings. The summed E-state index contributed by atoms with van der Waals surface area (Å²) in [6, 6.07) is 5.22. The molecule has 1 aromatic rings. The van der Waals surface area contributed by atoms with Gasteiger partial charge < -0.3 is 10.2 Å². The fourth-order valence-electron chi connectivity index (χ4n) is 2.63. The van der Waals surface area contributed by atoms with Crippen LogP contribution in [0.3, 0.4) is 0 Å². The first-order valence-electron chi connectivity index (χ1n) is 8.37. The number of aryl methyl sites for hydroxylation is 1. The van der Waals surface area contributed by atoms with Crippen molar-refractivity contribution in [2.24, 2.45) is 0 Å². The zero-order valence-corrected chi connectivity index (χ0v) is 14.4. The standard InChI is InChI=1S/C18H31N3/c1-6-8-15-11-14(13-19-18(2,3)4)12-17(20-15)21(5)16-9-7-10-16/h11-12,16,19H,6-10,13H2,1-5H3. The molecule has 0 atom stereocenters. The summed E-state index contributed by atoms with van der Waals surface area (Å²) in [4.78, 5) is 7.25. The second-order valence-electron chi connectivity index (χ2n) is 7.37. The smallest absolute Gasteiger partial charge is 0.129 e. The molecule has 118 valence electrons. The number of nitrogens with one attached hydrogen (secondary N) is 1. The number of aromatic nitrogens is 1. The van der Waals surface area contributed by atoms with Crippen LogP contribution in [0.1, 0.15) is 64.6 Å². The third-order valence-electron chi connectivity index (χ3n) is 4.24. The molecule has 1 aromatic heterocycles. The Labute approximate surface area is 130 Å². The molecule has 0 spiro atoms.